The summed E-state index contributed by atoms with van der Waals surface area (Å²) in [4.78, 5) is 4.59. The molecule has 0 heterocycles. The van der Waals surface area contributed by atoms with Crippen molar-refractivity contribution in [3.8, 4) is 11.5 Å². The van der Waals surface area contributed by atoms with E-state index in [-0.39, 0.29) is 12.4 Å². The van der Waals surface area contributed by atoms with E-state index in [9.17, 15) is 4.39 Å². The predicted molar refractivity (Wildman–Crippen MR) is 113 cm³/mol. The third-order valence-corrected chi connectivity index (χ3v) is 4.33. The molecule has 0 fully saturated rings. The van der Waals surface area contributed by atoms with Crippen LogP contribution in [0, 0.1) is 5.82 Å². The standard InChI is InChI=1S/C22H30FN3O3/c1-5-24-22(26-14-17-6-8-19(23)18(12-17)15-27-2)25-11-10-16-7-9-20(28-3)21(13-16)29-4/h6-9,12-13H,5,10-11,14-15H2,1-4H3,(H2,24,25,26). The minimum atomic E-state index is -0.264. The second-order valence-electron chi connectivity index (χ2n) is 6.42. The maximum atomic E-state index is 13.7. The predicted octanol–water partition coefficient (Wildman–Crippen LogP) is 3.29. The van der Waals surface area contributed by atoms with Crippen LogP contribution in [0.25, 0.3) is 0 Å². The molecule has 0 unspecified atom stereocenters. The summed E-state index contributed by atoms with van der Waals surface area (Å²) in [6, 6.07) is 10.9. The Bertz CT molecular complexity index is 812. The topological polar surface area (TPSA) is 64.1 Å². The van der Waals surface area contributed by atoms with Crippen LogP contribution < -0.4 is 20.1 Å². The van der Waals surface area contributed by atoms with Crippen LogP contribution in [0.1, 0.15) is 23.6 Å². The molecule has 0 bridgehead atoms. The first-order valence-electron chi connectivity index (χ1n) is 9.60. The van der Waals surface area contributed by atoms with Gasteiger partial charge in [0.25, 0.3) is 0 Å². The Morgan fingerprint density at radius 3 is 2.41 bits per heavy atom. The first-order valence-corrected chi connectivity index (χ1v) is 9.60. The van der Waals surface area contributed by atoms with E-state index in [1.165, 1.54) is 6.07 Å². The fraction of sp³-hybridized carbons (Fsp3) is 0.409. The van der Waals surface area contributed by atoms with E-state index in [0.29, 0.717) is 36.1 Å². The van der Waals surface area contributed by atoms with Gasteiger partial charge in [0.2, 0.25) is 0 Å². The molecule has 29 heavy (non-hydrogen) atoms. The number of halogens is 1. The lowest BCUT2D eigenvalue weighted by molar-refractivity contribution is 0.181. The molecule has 158 valence electrons. The fourth-order valence-electron chi connectivity index (χ4n) is 2.87. The van der Waals surface area contributed by atoms with Gasteiger partial charge in [0, 0.05) is 25.8 Å². The van der Waals surface area contributed by atoms with Crippen LogP contribution in [-0.2, 0) is 24.3 Å². The molecule has 0 aliphatic carbocycles. The van der Waals surface area contributed by atoms with Crippen molar-refractivity contribution in [1.82, 2.24) is 10.6 Å². The van der Waals surface area contributed by atoms with E-state index in [1.807, 2.05) is 25.1 Å². The number of benzene rings is 2. The first kappa shape index (κ1) is 22.5. The lowest BCUT2D eigenvalue weighted by atomic mass is 10.1. The smallest absolute Gasteiger partial charge is 0.191 e. The largest absolute Gasteiger partial charge is 0.493 e. The van der Waals surface area contributed by atoms with E-state index in [0.717, 1.165) is 24.1 Å². The average Bonchev–Trinajstić information content (AvgIpc) is 2.74. The summed E-state index contributed by atoms with van der Waals surface area (Å²) in [7, 11) is 4.80. The normalized spacial score (nSPS) is 11.3. The molecular weight excluding hydrogens is 373 g/mol. The molecule has 0 aromatic heterocycles. The van der Waals surface area contributed by atoms with E-state index in [2.05, 4.69) is 15.6 Å². The number of rotatable bonds is 10. The third kappa shape index (κ3) is 6.94. The van der Waals surface area contributed by atoms with E-state index < -0.39 is 0 Å². The Kier molecular flexibility index (Phi) is 9.24. The highest BCUT2D eigenvalue weighted by Crippen LogP contribution is 2.27. The van der Waals surface area contributed by atoms with Crippen molar-refractivity contribution in [3.63, 3.8) is 0 Å². The lowest BCUT2D eigenvalue weighted by Gasteiger charge is -2.13. The molecule has 2 aromatic rings. The Balaban J connectivity index is 1.96. The molecule has 2 rings (SSSR count). The Labute approximate surface area is 172 Å². The number of aliphatic imine (C=N–C) groups is 1. The Morgan fingerprint density at radius 2 is 1.72 bits per heavy atom. The fourth-order valence-corrected chi connectivity index (χ4v) is 2.87. The van der Waals surface area contributed by atoms with Crippen molar-refractivity contribution >= 4 is 5.96 Å². The van der Waals surface area contributed by atoms with Crippen LogP contribution >= 0.6 is 0 Å². The third-order valence-electron chi connectivity index (χ3n) is 4.33. The lowest BCUT2D eigenvalue weighted by Crippen LogP contribution is -2.38. The minimum Gasteiger partial charge on any atom is -0.493 e. The molecule has 0 saturated heterocycles. The number of guanidine groups is 1. The van der Waals surface area contributed by atoms with Crippen LogP contribution in [0.2, 0.25) is 0 Å². The maximum absolute atomic E-state index is 13.7. The average molecular weight is 403 g/mol. The van der Waals surface area contributed by atoms with Gasteiger partial charge in [0.15, 0.2) is 17.5 Å². The molecule has 0 aliphatic rings. The van der Waals surface area contributed by atoms with Crippen LogP contribution in [0.15, 0.2) is 41.4 Å². The summed E-state index contributed by atoms with van der Waals surface area (Å²) >= 11 is 0. The van der Waals surface area contributed by atoms with Gasteiger partial charge in [-0.25, -0.2) is 9.38 Å². The summed E-state index contributed by atoms with van der Waals surface area (Å²) in [6.45, 7) is 4.16. The SMILES string of the molecule is CCNC(=NCc1ccc(F)c(COC)c1)NCCc1ccc(OC)c(OC)c1. The molecule has 7 heteroatoms. The zero-order valence-corrected chi connectivity index (χ0v) is 17.5. The van der Waals surface area contributed by atoms with Crippen LogP contribution in [0.4, 0.5) is 4.39 Å². The van der Waals surface area contributed by atoms with Gasteiger partial charge >= 0.3 is 0 Å². The molecule has 0 spiro atoms. The molecule has 6 nitrogen and oxygen atoms in total. The van der Waals surface area contributed by atoms with Gasteiger partial charge in [-0.1, -0.05) is 12.1 Å². The summed E-state index contributed by atoms with van der Waals surface area (Å²) in [5.41, 5.74) is 2.59. The second kappa shape index (κ2) is 11.9. The van der Waals surface area contributed by atoms with Gasteiger partial charge in [0.05, 0.1) is 27.4 Å². The highest BCUT2D eigenvalue weighted by atomic mass is 19.1. The molecular formula is C22H30FN3O3. The molecule has 2 aromatic carbocycles. The second-order valence-corrected chi connectivity index (χ2v) is 6.42. The summed E-state index contributed by atoms with van der Waals surface area (Å²) in [6.07, 6.45) is 0.805. The first-order chi connectivity index (χ1) is 14.1. The minimum absolute atomic E-state index is 0.243. The van der Waals surface area contributed by atoms with Gasteiger partial charge in [-0.05, 0) is 48.7 Å². The number of nitrogens with zero attached hydrogens (tertiary/aromatic N) is 1. The monoisotopic (exact) mass is 403 g/mol. The molecule has 0 aliphatic heterocycles. The molecule has 0 saturated carbocycles. The zero-order valence-electron chi connectivity index (χ0n) is 17.5. The quantitative estimate of drug-likeness (QED) is 0.471. The van der Waals surface area contributed by atoms with Crippen molar-refractivity contribution in [1.29, 1.82) is 0 Å². The van der Waals surface area contributed by atoms with E-state index in [4.69, 9.17) is 14.2 Å². The number of hydrogen-bond acceptors (Lipinski definition) is 4. The number of nitrogens with one attached hydrogen (secondary N) is 2. The van der Waals surface area contributed by atoms with Gasteiger partial charge in [-0.2, -0.15) is 0 Å². The molecule has 0 radical (unpaired) electrons. The zero-order chi connectivity index (χ0) is 21.1. The van der Waals surface area contributed by atoms with E-state index in [1.54, 1.807) is 33.5 Å². The highest BCUT2D eigenvalue weighted by molar-refractivity contribution is 5.79. The van der Waals surface area contributed by atoms with Crippen LogP contribution in [0.3, 0.4) is 0 Å². The van der Waals surface area contributed by atoms with Gasteiger partial charge < -0.3 is 24.8 Å². The van der Waals surface area contributed by atoms with Crippen molar-refractivity contribution in [2.45, 2.75) is 26.5 Å². The highest BCUT2D eigenvalue weighted by Gasteiger charge is 2.06. The summed E-state index contributed by atoms with van der Waals surface area (Å²) in [5, 5.41) is 6.55. The Morgan fingerprint density at radius 1 is 0.966 bits per heavy atom. The maximum Gasteiger partial charge on any atom is 0.191 e. The van der Waals surface area contributed by atoms with Gasteiger partial charge in [-0.15, -0.1) is 0 Å². The van der Waals surface area contributed by atoms with Gasteiger partial charge in [0.1, 0.15) is 5.82 Å². The summed E-state index contributed by atoms with van der Waals surface area (Å²) < 4.78 is 29.4. The van der Waals surface area contributed by atoms with Gasteiger partial charge in [-0.3, -0.25) is 0 Å². The Hall–Kier alpha value is -2.80. The van der Waals surface area contributed by atoms with Crippen molar-refractivity contribution in [3.05, 3.63) is 58.9 Å². The number of hydrogen-bond donors (Lipinski definition) is 2. The van der Waals surface area contributed by atoms with Crippen molar-refractivity contribution < 1.29 is 18.6 Å². The van der Waals surface area contributed by atoms with Crippen LogP contribution in [-0.4, -0.2) is 40.4 Å². The molecule has 0 amide bonds. The molecule has 0 atom stereocenters. The van der Waals surface area contributed by atoms with Crippen molar-refractivity contribution in [2.24, 2.45) is 4.99 Å². The summed E-state index contributed by atoms with van der Waals surface area (Å²) in [5.74, 6) is 1.88. The van der Waals surface area contributed by atoms with Crippen molar-refractivity contribution in [2.75, 3.05) is 34.4 Å². The van der Waals surface area contributed by atoms with E-state index >= 15 is 0 Å². The number of ether oxygens (including phenoxy) is 3. The van der Waals surface area contributed by atoms with Crippen LogP contribution in [0.5, 0.6) is 11.5 Å². The number of methoxy groups -OCH3 is 3. The molecule has 2 N–H and O–H groups in total.